The van der Waals surface area contributed by atoms with Crippen molar-refractivity contribution >= 4 is 51.6 Å². The van der Waals surface area contributed by atoms with E-state index < -0.39 is 5.97 Å². The summed E-state index contributed by atoms with van der Waals surface area (Å²) >= 11 is 2.83. The minimum atomic E-state index is -0.425. The summed E-state index contributed by atoms with van der Waals surface area (Å²) in [6, 6.07) is 17.8. The molecule has 7 nitrogen and oxygen atoms in total. The number of benzene rings is 2. The van der Waals surface area contributed by atoms with E-state index in [-0.39, 0.29) is 23.0 Å². The van der Waals surface area contributed by atoms with Gasteiger partial charge in [-0.2, -0.15) is 0 Å². The van der Waals surface area contributed by atoms with Crippen LogP contribution in [0.2, 0.25) is 0 Å². The summed E-state index contributed by atoms with van der Waals surface area (Å²) in [6.45, 7) is 8.45. The molecule has 3 aromatic rings. The van der Waals surface area contributed by atoms with Gasteiger partial charge in [0, 0.05) is 41.5 Å². The smallest absolute Gasteiger partial charge is 0.341 e. The molecule has 0 aliphatic carbocycles. The summed E-state index contributed by atoms with van der Waals surface area (Å²) in [5.74, 6) is -0.498. The first-order chi connectivity index (χ1) is 18.6. The lowest BCUT2D eigenvalue weighted by Gasteiger charge is -2.27. The van der Waals surface area contributed by atoms with Crippen LogP contribution in [-0.2, 0) is 33.8 Å². The van der Waals surface area contributed by atoms with Crippen molar-refractivity contribution in [3.63, 3.8) is 0 Å². The van der Waals surface area contributed by atoms with Gasteiger partial charge in [0.05, 0.1) is 18.4 Å². The maximum Gasteiger partial charge on any atom is 0.341 e. The molecule has 1 aliphatic heterocycles. The van der Waals surface area contributed by atoms with E-state index in [2.05, 4.69) is 27.7 Å². The van der Waals surface area contributed by atoms with E-state index in [9.17, 15) is 14.4 Å². The quantitative estimate of drug-likeness (QED) is 0.237. The molecular weight excluding hydrogens is 530 g/mol. The standard InChI is InChI=1S/C30H35N3O4S2/c1-30(2,3)16-25(34)31-21-11-8-12-22(15-21)38-19-26(35)32-28-27(29(36)37-4)23-13-14-33(18-24(23)39-28)17-20-9-6-5-7-10-20/h5-12,15H,13-14,16-19H2,1-4H3,(H,31,34)(H,32,35). The zero-order valence-corrected chi connectivity index (χ0v) is 24.5. The predicted octanol–water partition coefficient (Wildman–Crippen LogP) is 6.20. The maximum atomic E-state index is 12.9. The van der Waals surface area contributed by atoms with Crippen LogP contribution in [0.15, 0.2) is 59.5 Å². The highest BCUT2D eigenvalue weighted by molar-refractivity contribution is 8.00. The Morgan fingerprint density at radius 3 is 2.51 bits per heavy atom. The predicted molar refractivity (Wildman–Crippen MR) is 158 cm³/mol. The largest absolute Gasteiger partial charge is 0.465 e. The molecule has 0 radical (unpaired) electrons. The van der Waals surface area contributed by atoms with Crippen LogP contribution in [0.4, 0.5) is 10.7 Å². The number of hydrogen-bond donors (Lipinski definition) is 2. The molecule has 39 heavy (non-hydrogen) atoms. The van der Waals surface area contributed by atoms with E-state index in [1.54, 1.807) is 0 Å². The van der Waals surface area contributed by atoms with Crippen molar-refractivity contribution in [2.45, 2.75) is 51.6 Å². The number of carbonyl (C=O) groups is 3. The van der Waals surface area contributed by atoms with Crippen LogP contribution >= 0.6 is 23.1 Å². The Morgan fingerprint density at radius 2 is 1.79 bits per heavy atom. The Balaban J connectivity index is 1.39. The summed E-state index contributed by atoms with van der Waals surface area (Å²) in [6.07, 6.45) is 1.14. The molecule has 2 amide bonds. The first kappa shape index (κ1) is 28.9. The molecular formula is C30H35N3O4S2. The number of thioether (sulfide) groups is 1. The number of esters is 1. The Morgan fingerprint density at radius 1 is 1.03 bits per heavy atom. The van der Waals surface area contributed by atoms with Crippen molar-refractivity contribution in [2.75, 3.05) is 30.0 Å². The summed E-state index contributed by atoms with van der Waals surface area (Å²) < 4.78 is 5.07. The first-order valence-electron chi connectivity index (χ1n) is 12.9. The van der Waals surface area contributed by atoms with Gasteiger partial charge >= 0.3 is 5.97 Å². The topological polar surface area (TPSA) is 87.7 Å². The molecule has 0 fully saturated rings. The van der Waals surface area contributed by atoms with Crippen molar-refractivity contribution in [1.82, 2.24) is 4.90 Å². The fourth-order valence-corrected chi connectivity index (χ4v) is 6.55. The minimum absolute atomic E-state index is 0.0401. The van der Waals surface area contributed by atoms with E-state index in [0.717, 1.165) is 41.4 Å². The van der Waals surface area contributed by atoms with Gasteiger partial charge in [-0.05, 0) is 41.2 Å². The maximum absolute atomic E-state index is 12.9. The fourth-order valence-electron chi connectivity index (χ4n) is 4.50. The van der Waals surface area contributed by atoms with Gasteiger partial charge in [-0.25, -0.2) is 4.79 Å². The third-order valence-electron chi connectivity index (χ3n) is 6.21. The number of carbonyl (C=O) groups excluding carboxylic acids is 3. The van der Waals surface area contributed by atoms with Crippen molar-refractivity contribution in [1.29, 1.82) is 0 Å². The zero-order valence-electron chi connectivity index (χ0n) is 22.8. The molecule has 0 saturated carbocycles. The van der Waals surface area contributed by atoms with Crippen LogP contribution in [0.3, 0.4) is 0 Å². The van der Waals surface area contributed by atoms with Gasteiger partial charge in [0.2, 0.25) is 11.8 Å². The normalized spacial score (nSPS) is 13.4. The number of nitrogens with zero attached hydrogens (tertiary/aromatic N) is 1. The number of amides is 2. The van der Waals surface area contributed by atoms with Gasteiger partial charge in [-0.3, -0.25) is 14.5 Å². The summed E-state index contributed by atoms with van der Waals surface area (Å²) in [5, 5.41) is 6.44. The molecule has 0 bridgehead atoms. The number of rotatable bonds is 9. The molecule has 0 saturated heterocycles. The third-order valence-corrected chi connectivity index (χ3v) is 8.33. The first-order valence-corrected chi connectivity index (χ1v) is 14.7. The molecule has 2 aromatic carbocycles. The van der Waals surface area contributed by atoms with E-state index in [1.165, 1.54) is 35.8 Å². The Kier molecular flexibility index (Phi) is 9.48. The second kappa shape index (κ2) is 12.8. The van der Waals surface area contributed by atoms with Crippen LogP contribution in [0.1, 0.15) is 53.6 Å². The highest BCUT2D eigenvalue weighted by Gasteiger charge is 2.29. The number of hydrogen-bond acceptors (Lipinski definition) is 7. The fraction of sp³-hybridized carbons (Fsp3) is 0.367. The Bertz CT molecular complexity index is 1330. The average Bonchev–Trinajstić information content (AvgIpc) is 3.23. The van der Waals surface area contributed by atoms with Crippen molar-refractivity contribution in [3.05, 3.63) is 76.2 Å². The lowest BCUT2D eigenvalue weighted by atomic mass is 9.92. The molecule has 1 aliphatic rings. The highest BCUT2D eigenvalue weighted by atomic mass is 32.2. The van der Waals surface area contributed by atoms with Gasteiger partial charge in [0.25, 0.3) is 0 Å². The van der Waals surface area contributed by atoms with Crippen molar-refractivity contribution in [3.8, 4) is 0 Å². The number of anilines is 2. The SMILES string of the molecule is COC(=O)c1c(NC(=O)CSc2cccc(NC(=O)CC(C)(C)C)c2)sc2c1CCN(Cc1ccccc1)C2. The van der Waals surface area contributed by atoms with Gasteiger partial charge in [-0.1, -0.05) is 57.2 Å². The number of methoxy groups -OCH3 is 1. The lowest BCUT2D eigenvalue weighted by Crippen LogP contribution is -2.29. The van der Waals surface area contributed by atoms with E-state index in [1.807, 2.05) is 63.2 Å². The number of thiophene rings is 1. The molecule has 2 heterocycles. The molecule has 0 atom stereocenters. The van der Waals surface area contributed by atoms with Crippen molar-refractivity contribution in [2.24, 2.45) is 5.41 Å². The monoisotopic (exact) mass is 565 g/mol. The number of nitrogens with one attached hydrogen (secondary N) is 2. The molecule has 2 N–H and O–H groups in total. The van der Waals surface area contributed by atoms with Crippen LogP contribution in [0.5, 0.6) is 0 Å². The van der Waals surface area contributed by atoms with Crippen LogP contribution in [0.25, 0.3) is 0 Å². The van der Waals surface area contributed by atoms with Crippen LogP contribution < -0.4 is 10.6 Å². The van der Waals surface area contributed by atoms with Gasteiger partial charge in [0.15, 0.2) is 0 Å². The molecule has 0 unspecified atom stereocenters. The molecule has 1 aromatic heterocycles. The third kappa shape index (κ3) is 8.17. The average molecular weight is 566 g/mol. The van der Waals surface area contributed by atoms with Crippen molar-refractivity contribution < 1.29 is 19.1 Å². The zero-order chi connectivity index (χ0) is 28.0. The van der Waals surface area contributed by atoms with Crippen LogP contribution in [-0.4, -0.2) is 42.1 Å². The van der Waals surface area contributed by atoms with Crippen LogP contribution in [0, 0.1) is 5.41 Å². The number of ether oxygens (including phenoxy) is 1. The van der Waals surface area contributed by atoms with Gasteiger partial charge < -0.3 is 15.4 Å². The summed E-state index contributed by atoms with van der Waals surface area (Å²) in [4.78, 5) is 42.2. The lowest BCUT2D eigenvalue weighted by molar-refractivity contribution is -0.118. The van der Waals surface area contributed by atoms with Gasteiger partial charge in [0.1, 0.15) is 5.00 Å². The molecule has 0 spiro atoms. The Hall–Kier alpha value is -3.14. The highest BCUT2D eigenvalue weighted by Crippen LogP contribution is 2.38. The Labute approximate surface area is 238 Å². The second-order valence-corrected chi connectivity index (χ2v) is 12.9. The molecule has 4 rings (SSSR count). The summed E-state index contributed by atoms with van der Waals surface area (Å²) in [7, 11) is 1.37. The van der Waals surface area contributed by atoms with E-state index in [4.69, 9.17) is 4.74 Å². The minimum Gasteiger partial charge on any atom is -0.465 e. The van der Waals surface area contributed by atoms with E-state index >= 15 is 0 Å². The summed E-state index contributed by atoms with van der Waals surface area (Å²) in [5.41, 5.74) is 3.29. The molecule has 206 valence electrons. The second-order valence-electron chi connectivity index (χ2n) is 10.8. The number of fused-ring (bicyclic) bond motifs is 1. The molecule has 9 heteroatoms. The van der Waals surface area contributed by atoms with E-state index in [0.29, 0.717) is 22.7 Å². The van der Waals surface area contributed by atoms with Gasteiger partial charge in [-0.15, -0.1) is 23.1 Å².